The second kappa shape index (κ2) is 9.89. The normalized spacial score (nSPS) is 10.4. The van der Waals surface area contributed by atoms with E-state index in [0.29, 0.717) is 10.3 Å². The van der Waals surface area contributed by atoms with Crippen LogP contribution in [0.5, 0.6) is 0 Å². The van der Waals surface area contributed by atoms with Gasteiger partial charge in [-0.1, -0.05) is 47.5 Å². The summed E-state index contributed by atoms with van der Waals surface area (Å²) in [6.07, 6.45) is 5.36. The molecule has 0 aliphatic rings. The van der Waals surface area contributed by atoms with Crippen molar-refractivity contribution < 1.29 is 0 Å². The van der Waals surface area contributed by atoms with E-state index in [1.54, 1.807) is 0 Å². The Bertz CT molecular complexity index is 928. The van der Waals surface area contributed by atoms with Crippen LogP contribution in [-0.4, -0.2) is 9.97 Å². The number of hydrogen-bond donors (Lipinski definition) is 2. The Balaban J connectivity index is 0.000000161. The number of nitrogens with two attached hydrogens (primary N) is 2. The average Bonchev–Trinajstić information content (AvgIpc) is 3.27. The number of nitrogens with zero attached hydrogens (tertiary/aromatic N) is 2. The van der Waals surface area contributed by atoms with Crippen molar-refractivity contribution in [3.05, 3.63) is 91.9 Å². The molecule has 0 saturated carbocycles. The molecule has 0 aliphatic carbocycles. The highest BCUT2D eigenvalue weighted by molar-refractivity contribution is 7.15. The van der Waals surface area contributed by atoms with E-state index in [-0.39, 0.29) is 0 Å². The molecule has 4 N–H and O–H groups in total. The van der Waals surface area contributed by atoms with Crippen LogP contribution in [0.25, 0.3) is 0 Å². The Morgan fingerprint density at radius 3 is 1.29 bits per heavy atom. The molecule has 4 rings (SSSR count). The van der Waals surface area contributed by atoms with Gasteiger partial charge in [-0.15, -0.1) is 22.7 Å². The molecule has 0 spiro atoms. The Hall–Kier alpha value is -2.12. The first-order valence-electron chi connectivity index (χ1n) is 8.37. The van der Waals surface area contributed by atoms with Crippen LogP contribution < -0.4 is 11.5 Å². The number of anilines is 2. The molecule has 0 bridgehead atoms. The number of hydrogen-bond acceptors (Lipinski definition) is 6. The predicted octanol–water partition coefficient (Wildman–Crippen LogP) is 5.94. The minimum absolute atomic E-state index is 0.619. The van der Waals surface area contributed by atoms with E-state index >= 15 is 0 Å². The third-order valence-corrected chi connectivity index (χ3v) is 5.88. The van der Waals surface area contributed by atoms with Gasteiger partial charge in [0.05, 0.1) is 0 Å². The lowest BCUT2D eigenvalue weighted by Crippen LogP contribution is -1.83. The van der Waals surface area contributed by atoms with Gasteiger partial charge in [-0.05, 0) is 35.4 Å². The van der Waals surface area contributed by atoms with Crippen molar-refractivity contribution in [1.29, 1.82) is 0 Å². The maximum absolute atomic E-state index is 5.79. The zero-order valence-corrected chi connectivity index (χ0v) is 18.0. The molecule has 0 unspecified atom stereocenters. The first kappa shape index (κ1) is 20.6. The summed E-state index contributed by atoms with van der Waals surface area (Å²) in [7, 11) is 0. The molecular formula is C20H18Cl2N4S2. The Labute approximate surface area is 181 Å². The zero-order valence-electron chi connectivity index (χ0n) is 14.8. The molecule has 2 aromatic carbocycles. The van der Waals surface area contributed by atoms with Gasteiger partial charge in [-0.2, -0.15) is 0 Å². The van der Waals surface area contributed by atoms with Gasteiger partial charge in [0.25, 0.3) is 0 Å². The topological polar surface area (TPSA) is 77.8 Å². The molecule has 8 heteroatoms. The quantitative estimate of drug-likeness (QED) is 0.404. The molecule has 28 heavy (non-hydrogen) atoms. The highest BCUT2D eigenvalue weighted by atomic mass is 35.5. The van der Waals surface area contributed by atoms with Gasteiger partial charge in [0.2, 0.25) is 0 Å². The third-order valence-electron chi connectivity index (χ3n) is 3.73. The minimum Gasteiger partial charge on any atom is -0.375 e. The number of rotatable bonds is 4. The number of halogens is 2. The van der Waals surface area contributed by atoms with Crippen LogP contribution in [0.4, 0.5) is 10.3 Å². The van der Waals surface area contributed by atoms with Crippen molar-refractivity contribution in [3.63, 3.8) is 0 Å². The van der Waals surface area contributed by atoms with Gasteiger partial charge in [0.15, 0.2) is 10.3 Å². The molecule has 0 saturated heterocycles. The summed E-state index contributed by atoms with van der Waals surface area (Å²) >= 11 is 14.6. The molecule has 4 nitrogen and oxygen atoms in total. The number of nitrogen functional groups attached to an aromatic ring is 2. The molecule has 0 amide bonds. The van der Waals surface area contributed by atoms with Crippen LogP contribution in [0.15, 0.2) is 60.9 Å². The van der Waals surface area contributed by atoms with Crippen LogP contribution in [0.3, 0.4) is 0 Å². The summed E-state index contributed by atoms with van der Waals surface area (Å²) in [4.78, 5) is 10.3. The first-order chi connectivity index (χ1) is 13.5. The lowest BCUT2D eigenvalue weighted by Gasteiger charge is -1.97. The summed E-state index contributed by atoms with van der Waals surface area (Å²) in [5.74, 6) is 0. The number of benzene rings is 2. The van der Waals surface area contributed by atoms with Crippen LogP contribution in [0.1, 0.15) is 20.9 Å². The highest BCUT2D eigenvalue weighted by Gasteiger charge is 2.01. The van der Waals surface area contributed by atoms with Crippen LogP contribution in [0, 0.1) is 0 Å². The van der Waals surface area contributed by atoms with Crippen molar-refractivity contribution in [2.45, 2.75) is 12.8 Å². The summed E-state index contributed by atoms with van der Waals surface area (Å²) in [6, 6.07) is 15.6. The number of thiazole rings is 2. The molecular weight excluding hydrogens is 431 g/mol. The van der Waals surface area contributed by atoms with E-state index in [1.165, 1.54) is 43.6 Å². The zero-order chi connectivity index (χ0) is 19.9. The molecule has 0 atom stereocenters. The fourth-order valence-electron chi connectivity index (χ4n) is 2.42. The summed E-state index contributed by atoms with van der Waals surface area (Å²) < 4.78 is 0. The summed E-state index contributed by atoms with van der Waals surface area (Å²) in [5, 5.41) is 2.76. The molecule has 2 aromatic heterocycles. The van der Waals surface area contributed by atoms with Crippen molar-refractivity contribution >= 4 is 56.1 Å². The van der Waals surface area contributed by atoms with Crippen LogP contribution in [-0.2, 0) is 12.8 Å². The second-order valence-electron chi connectivity index (χ2n) is 5.94. The maximum Gasteiger partial charge on any atom is 0.180 e. The van der Waals surface area contributed by atoms with Gasteiger partial charge in [0, 0.05) is 45.0 Å². The molecule has 4 aromatic rings. The van der Waals surface area contributed by atoms with Gasteiger partial charge in [-0.25, -0.2) is 9.97 Å². The largest absolute Gasteiger partial charge is 0.375 e. The van der Waals surface area contributed by atoms with Gasteiger partial charge in [0.1, 0.15) is 0 Å². The standard InChI is InChI=1S/2C10H9ClN2S/c2*11-8-3-1-7(2-4-8)5-9-6-13-10(12)14-9/h2*1-4,6H,5H2,(H2,12,13). The van der Waals surface area contributed by atoms with E-state index in [1.807, 2.05) is 60.9 Å². The van der Waals surface area contributed by atoms with Crippen molar-refractivity contribution in [3.8, 4) is 0 Å². The Morgan fingerprint density at radius 1 is 0.643 bits per heavy atom. The SMILES string of the molecule is Nc1ncc(Cc2ccc(Cl)cc2)s1.Nc1ncc(Cc2ccc(Cl)cc2)s1. The average molecular weight is 449 g/mol. The van der Waals surface area contributed by atoms with E-state index in [2.05, 4.69) is 9.97 Å². The Morgan fingerprint density at radius 2 is 1.00 bits per heavy atom. The van der Waals surface area contributed by atoms with E-state index in [9.17, 15) is 0 Å². The van der Waals surface area contributed by atoms with Gasteiger partial charge >= 0.3 is 0 Å². The first-order valence-corrected chi connectivity index (χ1v) is 10.8. The van der Waals surface area contributed by atoms with Crippen molar-refractivity contribution in [2.24, 2.45) is 0 Å². The van der Waals surface area contributed by atoms with E-state index < -0.39 is 0 Å². The van der Waals surface area contributed by atoms with Crippen molar-refractivity contribution in [2.75, 3.05) is 11.5 Å². The highest BCUT2D eigenvalue weighted by Crippen LogP contribution is 2.20. The maximum atomic E-state index is 5.79. The molecule has 144 valence electrons. The smallest absolute Gasteiger partial charge is 0.180 e. The van der Waals surface area contributed by atoms with Crippen molar-refractivity contribution in [1.82, 2.24) is 9.97 Å². The monoisotopic (exact) mass is 448 g/mol. The van der Waals surface area contributed by atoms with Gasteiger partial charge < -0.3 is 11.5 Å². The van der Waals surface area contributed by atoms with E-state index in [4.69, 9.17) is 34.7 Å². The predicted molar refractivity (Wildman–Crippen MR) is 122 cm³/mol. The molecule has 0 radical (unpaired) electrons. The second-order valence-corrected chi connectivity index (χ2v) is 9.10. The third kappa shape index (κ3) is 6.49. The van der Waals surface area contributed by atoms with Crippen LogP contribution in [0.2, 0.25) is 10.0 Å². The molecule has 2 heterocycles. The van der Waals surface area contributed by atoms with Crippen LogP contribution >= 0.6 is 45.9 Å². The fourth-order valence-corrected chi connectivity index (χ4v) is 4.10. The Kier molecular flexibility index (Phi) is 7.28. The lowest BCUT2D eigenvalue weighted by atomic mass is 10.1. The van der Waals surface area contributed by atoms with Gasteiger partial charge in [-0.3, -0.25) is 0 Å². The minimum atomic E-state index is 0.619. The summed E-state index contributed by atoms with van der Waals surface area (Å²) in [6.45, 7) is 0. The molecule has 0 fully saturated rings. The molecule has 0 aliphatic heterocycles. The fraction of sp³-hybridized carbons (Fsp3) is 0.100. The lowest BCUT2D eigenvalue weighted by molar-refractivity contribution is 1.22. The van der Waals surface area contributed by atoms with E-state index in [0.717, 1.165) is 22.9 Å². The summed E-state index contributed by atoms with van der Waals surface area (Å²) in [5.41, 5.74) is 13.5. The number of aromatic nitrogens is 2.